The fourth-order valence-electron chi connectivity index (χ4n) is 1.61. The summed E-state index contributed by atoms with van der Waals surface area (Å²) in [5, 5.41) is 11.7. The molecule has 0 radical (unpaired) electrons. The summed E-state index contributed by atoms with van der Waals surface area (Å²) in [7, 11) is -3.16. The van der Waals surface area contributed by atoms with Gasteiger partial charge in [-0.05, 0) is 45.4 Å². The lowest BCUT2D eigenvalue weighted by Gasteiger charge is -2.19. The number of sulfone groups is 1. The van der Waals surface area contributed by atoms with Crippen molar-refractivity contribution in [2.75, 3.05) is 12.4 Å². The van der Waals surface area contributed by atoms with Gasteiger partial charge in [-0.15, -0.1) is 0 Å². The van der Waals surface area contributed by atoms with Gasteiger partial charge in [0.05, 0.1) is 16.2 Å². The van der Waals surface area contributed by atoms with Crippen LogP contribution in [0.25, 0.3) is 0 Å². The second kappa shape index (κ2) is 6.93. The molecule has 1 N–H and O–H groups in total. The number of benzene rings is 1. The highest BCUT2D eigenvalue weighted by Crippen LogP contribution is 2.17. The maximum Gasteiger partial charge on any atom is 0.158 e. The van der Waals surface area contributed by atoms with Gasteiger partial charge in [0.2, 0.25) is 0 Å². The molecule has 5 nitrogen and oxygen atoms in total. The van der Waals surface area contributed by atoms with E-state index in [1.807, 2.05) is 12.1 Å². The third kappa shape index (κ3) is 5.38. The number of rotatable bonds is 6. The SMILES string of the molecule is C/C(Cc1ccc(OCCS(=O)(=O)C(C)(C)C)cc1)=N/O. The third-order valence-corrected chi connectivity index (χ3v) is 5.68. The smallest absolute Gasteiger partial charge is 0.158 e. The minimum atomic E-state index is -3.16. The summed E-state index contributed by atoms with van der Waals surface area (Å²) in [6.07, 6.45) is 0.565. The standard InChI is InChI=1S/C15H23NO4S/c1-12(16-17)11-13-5-7-14(8-6-13)20-9-10-21(18,19)15(2,3)4/h5-8,17H,9-11H2,1-4H3/b16-12-. The van der Waals surface area contributed by atoms with Crippen molar-refractivity contribution in [2.45, 2.75) is 38.9 Å². The van der Waals surface area contributed by atoms with E-state index in [0.717, 1.165) is 5.56 Å². The van der Waals surface area contributed by atoms with E-state index in [1.54, 1.807) is 39.8 Å². The lowest BCUT2D eigenvalue weighted by molar-refractivity contribution is 0.317. The molecule has 0 amide bonds. The maximum atomic E-state index is 11.9. The highest BCUT2D eigenvalue weighted by Gasteiger charge is 2.28. The number of oxime groups is 1. The molecule has 0 saturated heterocycles. The Morgan fingerprint density at radius 3 is 2.29 bits per heavy atom. The van der Waals surface area contributed by atoms with Crippen LogP contribution in [-0.2, 0) is 16.3 Å². The molecule has 0 aromatic heterocycles. The zero-order chi connectivity index (χ0) is 16.1. The summed E-state index contributed by atoms with van der Waals surface area (Å²) in [4.78, 5) is 0. The Morgan fingerprint density at radius 1 is 1.24 bits per heavy atom. The molecule has 0 spiro atoms. The second-order valence-corrected chi connectivity index (χ2v) is 8.80. The van der Waals surface area contributed by atoms with Crippen LogP contribution in [-0.4, -0.2) is 36.4 Å². The molecule has 6 heteroatoms. The van der Waals surface area contributed by atoms with Crippen molar-refractivity contribution in [3.63, 3.8) is 0 Å². The molecule has 0 saturated carbocycles. The van der Waals surface area contributed by atoms with Crippen molar-refractivity contribution in [1.82, 2.24) is 0 Å². The third-order valence-electron chi connectivity index (χ3n) is 3.11. The monoisotopic (exact) mass is 313 g/mol. The number of nitrogens with zero attached hydrogens (tertiary/aromatic N) is 1. The van der Waals surface area contributed by atoms with E-state index in [2.05, 4.69) is 5.16 Å². The van der Waals surface area contributed by atoms with Crippen molar-refractivity contribution in [3.05, 3.63) is 29.8 Å². The largest absolute Gasteiger partial charge is 0.493 e. The number of ether oxygens (including phenoxy) is 1. The van der Waals surface area contributed by atoms with Gasteiger partial charge in [-0.1, -0.05) is 17.3 Å². The molecule has 118 valence electrons. The van der Waals surface area contributed by atoms with Gasteiger partial charge in [-0.2, -0.15) is 0 Å². The fourth-order valence-corrected chi connectivity index (χ4v) is 2.52. The average Bonchev–Trinajstić information content (AvgIpc) is 2.39. The van der Waals surface area contributed by atoms with Gasteiger partial charge in [0, 0.05) is 6.42 Å². The van der Waals surface area contributed by atoms with E-state index in [9.17, 15) is 8.42 Å². The van der Waals surface area contributed by atoms with Crippen molar-refractivity contribution in [2.24, 2.45) is 5.16 Å². The minimum Gasteiger partial charge on any atom is -0.493 e. The molecule has 0 unspecified atom stereocenters. The molecule has 0 fully saturated rings. The van der Waals surface area contributed by atoms with Gasteiger partial charge >= 0.3 is 0 Å². The van der Waals surface area contributed by atoms with Crippen LogP contribution in [0.2, 0.25) is 0 Å². The Hall–Kier alpha value is -1.56. The molecular formula is C15H23NO4S. The summed E-state index contributed by atoms with van der Waals surface area (Å²) in [5.41, 5.74) is 1.62. The molecular weight excluding hydrogens is 290 g/mol. The highest BCUT2D eigenvalue weighted by atomic mass is 32.2. The Bertz CT molecular complexity index is 583. The molecule has 21 heavy (non-hydrogen) atoms. The van der Waals surface area contributed by atoms with Crippen LogP contribution in [0.4, 0.5) is 0 Å². The van der Waals surface area contributed by atoms with E-state index in [1.165, 1.54) is 0 Å². The molecule has 0 aliphatic carbocycles. The Kier molecular flexibility index (Phi) is 5.78. The Balaban J connectivity index is 2.54. The van der Waals surface area contributed by atoms with E-state index >= 15 is 0 Å². The quantitative estimate of drug-likeness (QED) is 0.498. The van der Waals surface area contributed by atoms with E-state index in [-0.39, 0.29) is 12.4 Å². The lowest BCUT2D eigenvalue weighted by Crippen LogP contribution is -2.32. The first-order valence-corrected chi connectivity index (χ1v) is 8.42. The first-order valence-electron chi connectivity index (χ1n) is 6.77. The molecule has 1 aromatic carbocycles. The van der Waals surface area contributed by atoms with Gasteiger partial charge in [-0.25, -0.2) is 8.42 Å². The number of hydrogen-bond acceptors (Lipinski definition) is 5. The van der Waals surface area contributed by atoms with Crippen LogP contribution in [0.3, 0.4) is 0 Å². The second-order valence-electron chi connectivity index (χ2n) is 5.94. The highest BCUT2D eigenvalue weighted by molar-refractivity contribution is 7.92. The van der Waals surface area contributed by atoms with E-state index < -0.39 is 14.6 Å². The first-order chi connectivity index (χ1) is 9.65. The van der Waals surface area contributed by atoms with Crippen molar-refractivity contribution < 1.29 is 18.4 Å². The molecule has 0 heterocycles. The maximum absolute atomic E-state index is 11.9. The molecule has 0 aliphatic rings. The van der Waals surface area contributed by atoms with E-state index in [0.29, 0.717) is 17.9 Å². The van der Waals surface area contributed by atoms with E-state index in [4.69, 9.17) is 9.94 Å². The number of hydrogen-bond donors (Lipinski definition) is 1. The molecule has 1 aromatic rings. The van der Waals surface area contributed by atoms with Crippen molar-refractivity contribution >= 4 is 15.5 Å². The lowest BCUT2D eigenvalue weighted by atomic mass is 10.1. The minimum absolute atomic E-state index is 0.00543. The van der Waals surface area contributed by atoms with Crippen LogP contribution in [0, 0.1) is 0 Å². The van der Waals surface area contributed by atoms with Gasteiger partial charge in [0.25, 0.3) is 0 Å². The van der Waals surface area contributed by atoms with Crippen LogP contribution in [0.15, 0.2) is 29.4 Å². The predicted molar refractivity (Wildman–Crippen MR) is 84.1 cm³/mol. The average molecular weight is 313 g/mol. The predicted octanol–water partition coefficient (Wildman–Crippen LogP) is 2.67. The van der Waals surface area contributed by atoms with Gasteiger partial charge in [-0.3, -0.25) is 0 Å². The molecule has 1 rings (SSSR count). The normalized spacial score (nSPS) is 13.2. The molecule has 0 aliphatic heterocycles. The van der Waals surface area contributed by atoms with Gasteiger partial charge in [0.15, 0.2) is 9.84 Å². The Morgan fingerprint density at radius 2 is 1.81 bits per heavy atom. The summed E-state index contributed by atoms with van der Waals surface area (Å²) < 4.78 is 28.6. The summed E-state index contributed by atoms with van der Waals surface area (Å²) >= 11 is 0. The van der Waals surface area contributed by atoms with Crippen LogP contribution < -0.4 is 4.74 Å². The van der Waals surface area contributed by atoms with Crippen molar-refractivity contribution in [1.29, 1.82) is 0 Å². The zero-order valence-corrected chi connectivity index (χ0v) is 13.8. The van der Waals surface area contributed by atoms with Crippen LogP contribution in [0.1, 0.15) is 33.3 Å². The Labute approximate surface area is 126 Å². The van der Waals surface area contributed by atoms with Crippen LogP contribution in [0.5, 0.6) is 5.75 Å². The van der Waals surface area contributed by atoms with Gasteiger partial charge in [0.1, 0.15) is 12.4 Å². The summed E-state index contributed by atoms with van der Waals surface area (Å²) in [6, 6.07) is 7.29. The topological polar surface area (TPSA) is 76.0 Å². The zero-order valence-electron chi connectivity index (χ0n) is 13.0. The van der Waals surface area contributed by atoms with Gasteiger partial charge < -0.3 is 9.94 Å². The fraction of sp³-hybridized carbons (Fsp3) is 0.533. The molecule has 0 bridgehead atoms. The molecule has 0 atom stereocenters. The van der Waals surface area contributed by atoms with Crippen LogP contribution >= 0.6 is 0 Å². The summed E-state index contributed by atoms with van der Waals surface area (Å²) in [6.45, 7) is 6.92. The summed E-state index contributed by atoms with van der Waals surface area (Å²) in [5.74, 6) is 0.621. The van der Waals surface area contributed by atoms with Crippen molar-refractivity contribution in [3.8, 4) is 5.75 Å². The first kappa shape index (κ1) is 17.5.